The lowest BCUT2D eigenvalue weighted by molar-refractivity contribution is 0.0149. The average molecular weight is 300 g/mol. The Hall–Kier alpha value is -1.57. The minimum Gasteiger partial charge on any atom is -0.390 e. The van der Waals surface area contributed by atoms with Crippen LogP contribution in [-0.4, -0.2) is 61.4 Å². The van der Waals surface area contributed by atoms with Gasteiger partial charge in [-0.2, -0.15) is 0 Å². The van der Waals surface area contributed by atoms with Crippen LogP contribution >= 0.6 is 0 Å². The fourth-order valence-corrected chi connectivity index (χ4v) is 2.13. The summed E-state index contributed by atoms with van der Waals surface area (Å²) in [5.74, 6) is -2.33. The summed E-state index contributed by atoms with van der Waals surface area (Å²) in [6, 6.07) is 2.75. The highest BCUT2D eigenvalue weighted by atomic mass is 19.1. The van der Waals surface area contributed by atoms with Crippen molar-refractivity contribution in [1.29, 1.82) is 0 Å². The molecule has 1 aliphatic rings. The van der Waals surface area contributed by atoms with Crippen LogP contribution in [0, 0.1) is 11.6 Å². The van der Waals surface area contributed by atoms with Gasteiger partial charge in [-0.15, -0.1) is 0 Å². The number of aliphatic hydroxyl groups is 1. The van der Waals surface area contributed by atoms with Crippen LogP contribution in [0.2, 0.25) is 0 Å². The van der Waals surface area contributed by atoms with Crippen molar-refractivity contribution in [3.63, 3.8) is 0 Å². The van der Waals surface area contributed by atoms with Gasteiger partial charge in [0.1, 0.15) is 11.6 Å². The number of morpholine rings is 1. The zero-order chi connectivity index (χ0) is 15.2. The molecule has 2 N–H and O–H groups in total. The quantitative estimate of drug-likeness (QED) is 0.826. The molecular formula is C14H18F2N2O3. The maximum absolute atomic E-state index is 13.4. The fourth-order valence-electron chi connectivity index (χ4n) is 2.13. The molecule has 5 nitrogen and oxygen atoms in total. The van der Waals surface area contributed by atoms with Gasteiger partial charge in [-0.3, -0.25) is 9.69 Å². The largest absolute Gasteiger partial charge is 0.390 e. The summed E-state index contributed by atoms with van der Waals surface area (Å²) in [6.45, 7) is 3.14. The Morgan fingerprint density at radius 1 is 1.38 bits per heavy atom. The normalized spacial score (nSPS) is 17.5. The maximum atomic E-state index is 13.4. The van der Waals surface area contributed by atoms with E-state index in [9.17, 15) is 18.7 Å². The summed E-state index contributed by atoms with van der Waals surface area (Å²) in [5.41, 5.74) is -0.241. The molecule has 0 aromatic heterocycles. The molecule has 116 valence electrons. The summed E-state index contributed by atoms with van der Waals surface area (Å²) in [4.78, 5) is 13.8. The number of hydrogen-bond donors (Lipinski definition) is 2. The van der Waals surface area contributed by atoms with E-state index < -0.39 is 23.6 Å². The Morgan fingerprint density at radius 2 is 2.10 bits per heavy atom. The number of carbonyl (C=O) groups excluding carboxylic acids is 1. The van der Waals surface area contributed by atoms with Gasteiger partial charge >= 0.3 is 0 Å². The Balaban J connectivity index is 1.80. The third-order valence-corrected chi connectivity index (χ3v) is 3.25. The molecule has 1 aliphatic heterocycles. The number of amides is 1. The van der Waals surface area contributed by atoms with Crippen molar-refractivity contribution in [2.24, 2.45) is 0 Å². The first-order valence-corrected chi connectivity index (χ1v) is 6.77. The van der Waals surface area contributed by atoms with Crippen LogP contribution in [0.1, 0.15) is 10.4 Å². The van der Waals surface area contributed by atoms with Crippen LogP contribution in [0.3, 0.4) is 0 Å². The molecule has 0 spiro atoms. The van der Waals surface area contributed by atoms with E-state index in [0.717, 1.165) is 25.2 Å². The number of ether oxygens (including phenoxy) is 1. The van der Waals surface area contributed by atoms with Crippen molar-refractivity contribution in [3.05, 3.63) is 35.4 Å². The zero-order valence-electron chi connectivity index (χ0n) is 11.5. The van der Waals surface area contributed by atoms with Crippen LogP contribution < -0.4 is 5.32 Å². The zero-order valence-corrected chi connectivity index (χ0v) is 11.5. The first-order valence-electron chi connectivity index (χ1n) is 6.77. The van der Waals surface area contributed by atoms with E-state index in [2.05, 4.69) is 5.32 Å². The minimum absolute atomic E-state index is 0.00695. The lowest BCUT2D eigenvalue weighted by Crippen LogP contribution is -2.44. The van der Waals surface area contributed by atoms with Gasteiger partial charge in [-0.25, -0.2) is 8.78 Å². The monoisotopic (exact) mass is 300 g/mol. The van der Waals surface area contributed by atoms with E-state index >= 15 is 0 Å². The van der Waals surface area contributed by atoms with Crippen LogP contribution in [0.25, 0.3) is 0 Å². The van der Waals surface area contributed by atoms with Crippen LogP contribution in [0.5, 0.6) is 0 Å². The second kappa shape index (κ2) is 7.44. The lowest BCUT2D eigenvalue weighted by Gasteiger charge is -2.28. The molecule has 0 radical (unpaired) electrons. The van der Waals surface area contributed by atoms with Crippen molar-refractivity contribution in [2.75, 3.05) is 39.4 Å². The molecule has 2 rings (SSSR count). The summed E-state index contributed by atoms with van der Waals surface area (Å²) in [6.07, 6.45) is -0.754. The van der Waals surface area contributed by atoms with Gasteiger partial charge in [0.05, 0.1) is 24.9 Å². The predicted molar refractivity (Wildman–Crippen MR) is 72.0 cm³/mol. The third kappa shape index (κ3) is 4.73. The van der Waals surface area contributed by atoms with Gasteiger partial charge in [-0.05, 0) is 12.1 Å². The molecule has 1 aromatic carbocycles. The Morgan fingerprint density at radius 3 is 2.76 bits per heavy atom. The highest BCUT2D eigenvalue weighted by Gasteiger charge is 2.17. The average Bonchev–Trinajstić information content (AvgIpc) is 2.46. The van der Waals surface area contributed by atoms with Crippen molar-refractivity contribution < 1.29 is 23.4 Å². The molecule has 1 aromatic rings. The molecule has 1 heterocycles. The number of aliphatic hydroxyl groups excluding tert-OH is 1. The van der Waals surface area contributed by atoms with Crippen LogP contribution in [0.15, 0.2) is 18.2 Å². The number of nitrogens with one attached hydrogen (secondary N) is 1. The molecule has 1 atom stereocenters. The summed E-state index contributed by atoms with van der Waals surface area (Å²) in [5, 5.41) is 12.3. The van der Waals surface area contributed by atoms with E-state index in [1.54, 1.807) is 0 Å². The number of hydrogen-bond acceptors (Lipinski definition) is 4. The summed E-state index contributed by atoms with van der Waals surface area (Å²) in [7, 11) is 0. The van der Waals surface area contributed by atoms with Gasteiger partial charge < -0.3 is 15.2 Å². The molecule has 7 heteroatoms. The predicted octanol–water partition coefficient (Wildman–Crippen LogP) is 0.388. The number of carbonyl (C=O) groups is 1. The number of rotatable bonds is 5. The Kier molecular flexibility index (Phi) is 5.60. The van der Waals surface area contributed by atoms with Gasteiger partial charge in [0.25, 0.3) is 5.91 Å². The topological polar surface area (TPSA) is 61.8 Å². The summed E-state index contributed by atoms with van der Waals surface area (Å²) < 4.78 is 31.4. The molecule has 0 bridgehead atoms. The van der Waals surface area contributed by atoms with E-state index in [1.807, 2.05) is 4.90 Å². The molecule has 1 fully saturated rings. The van der Waals surface area contributed by atoms with E-state index in [0.29, 0.717) is 25.8 Å². The highest BCUT2D eigenvalue weighted by Crippen LogP contribution is 2.09. The molecule has 21 heavy (non-hydrogen) atoms. The second-order valence-corrected chi connectivity index (χ2v) is 4.90. The Bertz CT molecular complexity index is 493. The van der Waals surface area contributed by atoms with Crippen molar-refractivity contribution in [3.8, 4) is 0 Å². The second-order valence-electron chi connectivity index (χ2n) is 4.90. The standard InChI is InChI=1S/C14H18F2N2O3/c15-10-1-2-12(13(16)7-10)14(20)17-8-11(19)9-18-3-5-21-6-4-18/h1-2,7,11,19H,3-6,8-9H2,(H,17,20). The lowest BCUT2D eigenvalue weighted by atomic mass is 10.2. The highest BCUT2D eigenvalue weighted by molar-refractivity contribution is 5.94. The molecule has 0 aliphatic carbocycles. The smallest absolute Gasteiger partial charge is 0.254 e. The molecule has 1 amide bonds. The first kappa shape index (κ1) is 15.8. The third-order valence-electron chi connectivity index (χ3n) is 3.25. The van der Waals surface area contributed by atoms with Gasteiger partial charge in [-0.1, -0.05) is 0 Å². The van der Waals surface area contributed by atoms with Gasteiger partial charge in [0.2, 0.25) is 0 Å². The van der Waals surface area contributed by atoms with Crippen LogP contribution in [0.4, 0.5) is 8.78 Å². The molecule has 1 unspecified atom stereocenters. The first-order chi connectivity index (χ1) is 10.1. The van der Waals surface area contributed by atoms with Crippen LogP contribution in [-0.2, 0) is 4.74 Å². The van der Waals surface area contributed by atoms with Crippen molar-refractivity contribution in [2.45, 2.75) is 6.10 Å². The number of halogens is 2. The molecule has 1 saturated heterocycles. The van der Waals surface area contributed by atoms with Crippen molar-refractivity contribution in [1.82, 2.24) is 10.2 Å². The molecule has 0 saturated carbocycles. The fraction of sp³-hybridized carbons (Fsp3) is 0.500. The van der Waals surface area contributed by atoms with Crippen molar-refractivity contribution >= 4 is 5.91 Å². The number of β-amino-alcohol motifs (C(OH)–C–C–N with tert-alkyl or cyclic N) is 1. The SMILES string of the molecule is O=C(NCC(O)CN1CCOCC1)c1ccc(F)cc1F. The van der Waals surface area contributed by atoms with E-state index in [1.165, 1.54) is 0 Å². The summed E-state index contributed by atoms with van der Waals surface area (Å²) >= 11 is 0. The maximum Gasteiger partial charge on any atom is 0.254 e. The van der Waals surface area contributed by atoms with E-state index in [4.69, 9.17) is 4.74 Å². The van der Waals surface area contributed by atoms with Gasteiger partial charge in [0.15, 0.2) is 0 Å². The number of nitrogens with zero attached hydrogens (tertiary/aromatic N) is 1. The Labute approximate surface area is 121 Å². The van der Waals surface area contributed by atoms with E-state index in [-0.39, 0.29) is 12.1 Å². The molecular weight excluding hydrogens is 282 g/mol. The van der Waals surface area contributed by atoms with Gasteiger partial charge in [0, 0.05) is 32.2 Å². The minimum atomic E-state index is -0.921. The number of benzene rings is 1.